The number of carbonyl (C=O) groups is 1. The number of amides is 1. The van der Waals surface area contributed by atoms with Crippen LogP contribution in [0.15, 0.2) is 48.7 Å². The van der Waals surface area contributed by atoms with Crippen LogP contribution in [0.2, 0.25) is 0 Å². The molecule has 2 fully saturated rings. The SMILES string of the molecule is C=C/C=C\CCCN(CCC)CC(O)CN1CCC2C=C(NCC3CCOCC3)C=CC2C1=O. The molecule has 2 aliphatic heterocycles. The van der Waals surface area contributed by atoms with Gasteiger partial charge in [-0.1, -0.05) is 43.9 Å². The van der Waals surface area contributed by atoms with Crippen LogP contribution in [-0.4, -0.2) is 79.4 Å². The third-order valence-corrected chi connectivity index (χ3v) is 7.16. The van der Waals surface area contributed by atoms with Crippen molar-refractivity contribution in [1.29, 1.82) is 0 Å². The van der Waals surface area contributed by atoms with Gasteiger partial charge in [-0.3, -0.25) is 4.79 Å². The number of fused-ring (bicyclic) bond motifs is 1. The van der Waals surface area contributed by atoms with Gasteiger partial charge in [-0.05, 0) is 69.5 Å². The second-order valence-corrected chi connectivity index (χ2v) is 9.94. The van der Waals surface area contributed by atoms with Crippen molar-refractivity contribution in [2.75, 3.05) is 52.5 Å². The van der Waals surface area contributed by atoms with Crippen molar-refractivity contribution in [1.82, 2.24) is 15.1 Å². The smallest absolute Gasteiger partial charge is 0.230 e. The molecular formula is C28H45N3O3. The summed E-state index contributed by atoms with van der Waals surface area (Å²) in [6.07, 6.45) is 18.1. The summed E-state index contributed by atoms with van der Waals surface area (Å²) < 4.78 is 5.45. The van der Waals surface area contributed by atoms with Crippen LogP contribution in [0.25, 0.3) is 0 Å². The first-order chi connectivity index (χ1) is 16.6. The van der Waals surface area contributed by atoms with E-state index in [4.69, 9.17) is 4.74 Å². The van der Waals surface area contributed by atoms with E-state index in [0.29, 0.717) is 19.0 Å². The van der Waals surface area contributed by atoms with Crippen molar-refractivity contribution in [3.63, 3.8) is 0 Å². The Morgan fingerprint density at radius 3 is 2.91 bits per heavy atom. The summed E-state index contributed by atoms with van der Waals surface area (Å²) in [7, 11) is 0. The topological polar surface area (TPSA) is 65.0 Å². The Balaban J connectivity index is 1.43. The number of allylic oxidation sites excluding steroid dienone is 5. The first kappa shape index (κ1) is 26.7. The van der Waals surface area contributed by atoms with Crippen molar-refractivity contribution in [3.8, 4) is 0 Å². The van der Waals surface area contributed by atoms with Crippen LogP contribution in [0.1, 0.15) is 45.4 Å². The summed E-state index contributed by atoms with van der Waals surface area (Å²) in [5, 5.41) is 14.4. The van der Waals surface area contributed by atoms with Crippen molar-refractivity contribution < 1.29 is 14.6 Å². The molecule has 3 rings (SSSR count). The van der Waals surface area contributed by atoms with Crippen LogP contribution in [0, 0.1) is 17.8 Å². The Hall–Kier alpha value is -1.89. The van der Waals surface area contributed by atoms with Crippen molar-refractivity contribution in [3.05, 3.63) is 48.7 Å². The molecule has 0 aromatic heterocycles. The molecule has 0 saturated carbocycles. The molecule has 190 valence electrons. The number of aliphatic hydroxyl groups excluding tert-OH is 1. The van der Waals surface area contributed by atoms with E-state index in [1.54, 1.807) is 6.08 Å². The number of likely N-dealkylation sites (tertiary alicyclic amines) is 1. The zero-order valence-electron chi connectivity index (χ0n) is 21.0. The highest BCUT2D eigenvalue weighted by Crippen LogP contribution is 2.31. The molecular weight excluding hydrogens is 426 g/mol. The number of rotatable bonds is 14. The van der Waals surface area contributed by atoms with Gasteiger partial charge in [0.25, 0.3) is 0 Å². The van der Waals surface area contributed by atoms with E-state index in [1.165, 1.54) is 0 Å². The molecule has 0 aromatic rings. The van der Waals surface area contributed by atoms with Crippen molar-refractivity contribution >= 4 is 5.91 Å². The van der Waals surface area contributed by atoms with Gasteiger partial charge in [0.2, 0.25) is 5.91 Å². The van der Waals surface area contributed by atoms with Crippen LogP contribution in [0.3, 0.4) is 0 Å². The van der Waals surface area contributed by atoms with Gasteiger partial charge in [-0.25, -0.2) is 0 Å². The minimum absolute atomic E-state index is 0.0991. The first-order valence-corrected chi connectivity index (χ1v) is 13.3. The van der Waals surface area contributed by atoms with E-state index in [2.05, 4.69) is 48.0 Å². The quantitative estimate of drug-likeness (QED) is 0.300. The van der Waals surface area contributed by atoms with Crippen LogP contribution in [-0.2, 0) is 9.53 Å². The lowest BCUT2D eigenvalue weighted by atomic mass is 9.81. The highest BCUT2D eigenvalue weighted by Gasteiger charge is 2.36. The summed E-state index contributed by atoms with van der Waals surface area (Å²) in [5.74, 6) is 0.978. The molecule has 1 amide bonds. The second kappa shape index (κ2) is 14.5. The summed E-state index contributed by atoms with van der Waals surface area (Å²) in [6, 6.07) is 0. The second-order valence-electron chi connectivity index (χ2n) is 9.94. The van der Waals surface area contributed by atoms with Crippen LogP contribution < -0.4 is 5.32 Å². The maximum atomic E-state index is 13.2. The highest BCUT2D eigenvalue weighted by molar-refractivity contribution is 5.82. The number of ether oxygens (including phenoxy) is 1. The third kappa shape index (κ3) is 8.40. The molecule has 2 saturated heterocycles. The molecule has 6 heteroatoms. The van der Waals surface area contributed by atoms with Crippen LogP contribution in [0.5, 0.6) is 0 Å². The number of piperidine rings is 1. The predicted octanol–water partition coefficient (Wildman–Crippen LogP) is 3.52. The van der Waals surface area contributed by atoms with E-state index in [-0.39, 0.29) is 17.7 Å². The van der Waals surface area contributed by atoms with Gasteiger partial charge in [-0.2, -0.15) is 0 Å². The molecule has 6 nitrogen and oxygen atoms in total. The monoisotopic (exact) mass is 471 g/mol. The van der Waals surface area contributed by atoms with Gasteiger partial charge in [0.05, 0.1) is 12.0 Å². The predicted molar refractivity (Wildman–Crippen MR) is 138 cm³/mol. The third-order valence-electron chi connectivity index (χ3n) is 7.16. The fourth-order valence-electron chi connectivity index (χ4n) is 5.25. The summed E-state index contributed by atoms with van der Waals surface area (Å²) in [6.45, 7) is 12.3. The number of β-amino-alcohol motifs (C(OH)–C–C–N with tert-alkyl or cyclic N) is 1. The van der Waals surface area contributed by atoms with Crippen molar-refractivity contribution in [2.45, 2.75) is 51.6 Å². The van der Waals surface area contributed by atoms with Gasteiger partial charge in [-0.15, -0.1) is 0 Å². The summed E-state index contributed by atoms with van der Waals surface area (Å²) in [5.41, 5.74) is 1.15. The normalized spacial score (nSPS) is 24.4. The van der Waals surface area contributed by atoms with Gasteiger partial charge in [0.15, 0.2) is 0 Å². The summed E-state index contributed by atoms with van der Waals surface area (Å²) in [4.78, 5) is 17.4. The lowest BCUT2D eigenvalue weighted by Gasteiger charge is -2.38. The molecule has 3 unspecified atom stereocenters. The standard InChI is InChI=1S/C28H45N3O3/c1-3-5-6-7-8-15-30(14-4-2)21-26(32)22-31-16-11-24-19-25(9-10-27(24)28(31)33)29-20-23-12-17-34-18-13-23/h3,5-6,9-10,19,23-24,26-27,29,32H,1,4,7-8,11-18,20-22H2,2H3/b6-5-. The van der Waals surface area contributed by atoms with Crippen LogP contribution >= 0.6 is 0 Å². The molecule has 34 heavy (non-hydrogen) atoms. The van der Waals surface area contributed by atoms with E-state index >= 15 is 0 Å². The maximum absolute atomic E-state index is 13.2. The van der Waals surface area contributed by atoms with Gasteiger partial charge >= 0.3 is 0 Å². The van der Waals surface area contributed by atoms with Gasteiger partial charge < -0.3 is 25.0 Å². The molecule has 0 aromatic carbocycles. The summed E-state index contributed by atoms with van der Waals surface area (Å²) >= 11 is 0. The van der Waals surface area contributed by atoms with Gasteiger partial charge in [0, 0.05) is 45.1 Å². The first-order valence-electron chi connectivity index (χ1n) is 13.3. The number of aliphatic hydroxyl groups is 1. The minimum atomic E-state index is -0.518. The maximum Gasteiger partial charge on any atom is 0.230 e. The lowest BCUT2D eigenvalue weighted by molar-refractivity contribution is -0.140. The minimum Gasteiger partial charge on any atom is -0.390 e. The molecule has 0 spiro atoms. The van der Waals surface area contributed by atoms with E-state index < -0.39 is 6.10 Å². The fraction of sp³-hybridized carbons (Fsp3) is 0.679. The Morgan fingerprint density at radius 1 is 1.32 bits per heavy atom. The molecule has 0 radical (unpaired) electrons. The Labute approximate surface area is 206 Å². The highest BCUT2D eigenvalue weighted by atomic mass is 16.5. The number of hydrogen-bond acceptors (Lipinski definition) is 5. The Kier molecular flexibility index (Phi) is 11.4. The van der Waals surface area contributed by atoms with E-state index in [1.807, 2.05) is 11.0 Å². The molecule has 3 aliphatic rings. The van der Waals surface area contributed by atoms with Crippen molar-refractivity contribution in [2.24, 2.45) is 17.8 Å². The molecule has 1 aliphatic carbocycles. The van der Waals surface area contributed by atoms with Crippen LogP contribution in [0.4, 0.5) is 0 Å². The Morgan fingerprint density at radius 2 is 2.15 bits per heavy atom. The molecule has 3 atom stereocenters. The number of carbonyl (C=O) groups excluding carboxylic acids is 1. The van der Waals surface area contributed by atoms with E-state index in [0.717, 1.165) is 83.6 Å². The average Bonchev–Trinajstić information content (AvgIpc) is 2.85. The number of hydrogen-bond donors (Lipinski definition) is 2. The zero-order chi connectivity index (χ0) is 24.2. The fourth-order valence-corrected chi connectivity index (χ4v) is 5.25. The van der Waals surface area contributed by atoms with E-state index in [9.17, 15) is 9.90 Å². The Bertz CT molecular complexity index is 726. The number of unbranched alkanes of at least 4 members (excludes halogenated alkanes) is 1. The molecule has 2 heterocycles. The number of nitrogens with one attached hydrogen (secondary N) is 1. The average molecular weight is 472 g/mol. The molecule has 2 N–H and O–H groups in total. The van der Waals surface area contributed by atoms with Gasteiger partial charge in [0.1, 0.15) is 0 Å². The largest absolute Gasteiger partial charge is 0.390 e. The number of nitrogens with zero attached hydrogens (tertiary/aromatic N) is 2. The lowest BCUT2D eigenvalue weighted by Crippen LogP contribution is -2.50. The zero-order valence-corrected chi connectivity index (χ0v) is 21.0. The molecule has 0 bridgehead atoms.